The number of carbonyl (C=O) groups excluding carboxylic acids is 1. The molecule has 5 heteroatoms. The molecule has 0 spiro atoms. The van der Waals surface area contributed by atoms with Crippen LogP contribution in [0.25, 0.3) is 0 Å². The van der Waals surface area contributed by atoms with Crippen LogP contribution in [-0.2, 0) is 9.53 Å². The molecule has 1 fully saturated rings. The van der Waals surface area contributed by atoms with Crippen molar-refractivity contribution in [1.82, 2.24) is 4.90 Å². The average molecular weight is 283 g/mol. The number of halogens is 1. The quantitative estimate of drug-likeness (QED) is 0.925. The topological polar surface area (TPSA) is 41.6 Å². The van der Waals surface area contributed by atoms with Gasteiger partial charge in [-0.15, -0.1) is 0 Å². The van der Waals surface area contributed by atoms with Gasteiger partial charge >= 0.3 is 0 Å². The maximum atomic E-state index is 12.2. The fraction of sp³-hybridized carbons (Fsp3) is 0.500. The molecule has 1 aliphatic rings. The third-order valence-electron chi connectivity index (χ3n) is 3.31. The molecule has 0 radical (unpaired) electrons. The van der Waals surface area contributed by atoms with E-state index in [4.69, 9.17) is 16.3 Å². The summed E-state index contributed by atoms with van der Waals surface area (Å²) in [6.07, 6.45) is 0.180. The fourth-order valence-electron chi connectivity index (χ4n) is 2.14. The number of carbonyl (C=O) groups is 1. The molecule has 1 aliphatic heterocycles. The van der Waals surface area contributed by atoms with Crippen LogP contribution in [0.3, 0.4) is 0 Å². The van der Waals surface area contributed by atoms with E-state index in [-0.39, 0.29) is 18.1 Å². The lowest BCUT2D eigenvalue weighted by Crippen LogP contribution is -2.50. The minimum Gasteiger partial charge on any atom is -0.376 e. The number of nitrogens with one attached hydrogen (secondary N) is 1. The largest absolute Gasteiger partial charge is 0.376 e. The number of hydrogen-bond donors (Lipinski definition) is 1. The van der Waals surface area contributed by atoms with Gasteiger partial charge in [0.25, 0.3) is 0 Å². The Bertz CT molecular complexity index is 436. The monoisotopic (exact) mass is 282 g/mol. The van der Waals surface area contributed by atoms with Gasteiger partial charge in [-0.3, -0.25) is 9.69 Å². The number of morpholine rings is 1. The highest BCUT2D eigenvalue weighted by Gasteiger charge is 2.25. The molecule has 2 rings (SSSR count). The predicted octanol–water partition coefficient (Wildman–Crippen LogP) is 2.39. The molecule has 1 amide bonds. The van der Waals surface area contributed by atoms with Crippen molar-refractivity contribution in [3.63, 3.8) is 0 Å². The van der Waals surface area contributed by atoms with E-state index >= 15 is 0 Å². The Morgan fingerprint density at radius 2 is 2.16 bits per heavy atom. The van der Waals surface area contributed by atoms with Crippen LogP contribution in [0.2, 0.25) is 5.02 Å². The number of nitrogens with zero attached hydrogens (tertiary/aromatic N) is 1. The molecule has 1 aromatic carbocycles. The first-order chi connectivity index (χ1) is 9.06. The smallest absolute Gasteiger partial charge is 0.241 e. The Balaban J connectivity index is 1.93. The van der Waals surface area contributed by atoms with E-state index in [0.29, 0.717) is 11.6 Å². The van der Waals surface area contributed by atoms with E-state index in [1.54, 1.807) is 24.3 Å². The third kappa shape index (κ3) is 3.93. The summed E-state index contributed by atoms with van der Waals surface area (Å²) in [4.78, 5) is 14.3. The van der Waals surface area contributed by atoms with E-state index < -0.39 is 0 Å². The van der Waals surface area contributed by atoms with Gasteiger partial charge in [0.2, 0.25) is 5.91 Å². The molecule has 2 atom stereocenters. The highest BCUT2D eigenvalue weighted by atomic mass is 35.5. The highest BCUT2D eigenvalue weighted by Crippen LogP contribution is 2.15. The van der Waals surface area contributed by atoms with Gasteiger partial charge in [-0.25, -0.2) is 0 Å². The molecule has 0 bridgehead atoms. The van der Waals surface area contributed by atoms with E-state index in [1.807, 2.05) is 13.8 Å². The van der Waals surface area contributed by atoms with E-state index in [1.165, 1.54) is 0 Å². The number of benzene rings is 1. The zero-order chi connectivity index (χ0) is 13.8. The van der Waals surface area contributed by atoms with Crippen molar-refractivity contribution < 1.29 is 9.53 Å². The summed E-state index contributed by atoms with van der Waals surface area (Å²) < 4.78 is 5.48. The molecule has 0 unspecified atom stereocenters. The molecule has 0 saturated carbocycles. The summed E-state index contributed by atoms with van der Waals surface area (Å²) in [5.41, 5.74) is 0.766. The van der Waals surface area contributed by atoms with Gasteiger partial charge in [0.05, 0.1) is 18.8 Å². The normalized spacial score (nSPS) is 21.9. The van der Waals surface area contributed by atoms with Gasteiger partial charge < -0.3 is 10.1 Å². The summed E-state index contributed by atoms with van der Waals surface area (Å²) in [6.45, 7) is 6.20. The van der Waals surface area contributed by atoms with Crippen LogP contribution >= 0.6 is 11.6 Å². The van der Waals surface area contributed by atoms with Gasteiger partial charge in [0.15, 0.2) is 0 Å². The second-order valence-corrected chi connectivity index (χ2v) is 5.28. The van der Waals surface area contributed by atoms with Crippen LogP contribution in [-0.4, -0.2) is 42.6 Å². The lowest BCUT2D eigenvalue weighted by Gasteiger charge is -2.34. The first kappa shape index (κ1) is 14.3. The van der Waals surface area contributed by atoms with E-state index in [9.17, 15) is 4.79 Å². The highest BCUT2D eigenvalue weighted by molar-refractivity contribution is 6.30. The molecule has 1 saturated heterocycles. The third-order valence-corrected chi connectivity index (χ3v) is 3.56. The molecule has 1 N–H and O–H groups in total. The van der Waals surface area contributed by atoms with Crippen LogP contribution in [0.15, 0.2) is 24.3 Å². The van der Waals surface area contributed by atoms with Crippen LogP contribution < -0.4 is 5.32 Å². The first-order valence-corrected chi connectivity index (χ1v) is 6.86. The Morgan fingerprint density at radius 3 is 2.79 bits per heavy atom. The second kappa shape index (κ2) is 6.37. The first-order valence-electron chi connectivity index (χ1n) is 6.48. The second-order valence-electron chi connectivity index (χ2n) is 4.85. The van der Waals surface area contributed by atoms with Crippen molar-refractivity contribution >= 4 is 23.2 Å². The molecular formula is C14H19ClN2O2. The molecule has 1 aromatic rings. The summed E-state index contributed by atoms with van der Waals surface area (Å²) in [7, 11) is 0. The Morgan fingerprint density at radius 1 is 1.47 bits per heavy atom. The van der Waals surface area contributed by atoms with Crippen LogP contribution in [0.5, 0.6) is 0 Å². The van der Waals surface area contributed by atoms with Crippen LogP contribution in [0.4, 0.5) is 5.69 Å². The number of ether oxygens (including phenoxy) is 1. The maximum absolute atomic E-state index is 12.2. The molecule has 0 aromatic heterocycles. The van der Waals surface area contributed by atoms with Crippen LogP contribution in [0.1, 0.15) is 13.8 Å². The zero-order valence-electron chi connectivity index (χ0n) is 11.2. The molecule has 0 aliphatic carbocycles. The number of amides is 1. The van der Waals surface area contributed by atoms with Crippen molar-refractivity contribution in [1.29, 1.82) is 0 Å². The predicted molar refractivity (Wildman–Crippen MR) is 76.5 cm³/mol. The molecule has 104 valence electrons. The minimum atomic E-state index is -0.165. The van der Waals surface area contributed by atoms with Crippen molar-refractivity contribution in [2.75, 3.05) is 25.0 Å². The van der Waals surface area contributed by atoms with Crippen molar-refractivity contribution in [3.8, 4) is 0 Å². The molecule has 19 heavy (non-hydrogen) atoms. The van der Waals surface area contributed by atoms with Gasteiger partial charge in [-0.1, -0.05) is 11.6 Å². The van der Waals surface area contributed by atoms with Gasteiger partial charge in [-0.2, -0.15) is 0 Å². The Hall–Kier alpha value is -1.10. The zero-order valence-corrected chi connectivity index (χ0v) is 12.0. The lowest BCUT2D eigenvalue weighted by atomic mass is 10.2. The molecular weight excluding hydrogens is 264 g/mol. The SMILES string of the molecule is C[C@H]1CN([C@@H](C)C(=O)Nc2ccc(Cl)cc2)CCO1. The fourth-order valence-corrected chi connectivity index (χ4v) is 2.27. The van der Waals surface area contributed by atoms with Crippen molar-refractivity contribution in [3.05, 3.63) is 29.3 Å². The Labute approximate surface area is 118 Å². The molecule has 4 nitrogen and oxygen atoms in total. The standard InChI is InChI=1S/C14H19ClN2O2/c1-10-9-17(7-8-19-10)11(2)14(18)16-13-5-3-12(15)4-6-13/h3-6,10-11H,7-9H2,1-2H3,(H,16,18)/t10-,11-/m0/s1. The average Bonchev–Trinajstić information content (AvgIpc) is 2.40. The summed E-state index contributed by atoms with van der Waals surface area (Å²) in [5.74, 6) is -0.00331. The van der Waals surface area contributed by atoms with Gasteiger partial charge in [0, 0.05) is 23.8 Å². The molecule has 1 heterocycles. The maximum Gasteiger partial charge on any atom is 0.241 e. The Kier molecular flexibility index (Phi) is 4.80. The summed E-state index contributed by atoms with van der Waals surface area (Å²) in [6, 6.07) is 6.96. The van der Waals surface area contributed by atoms with E-state index in [2.05, 4.69) is 10.2 Å². The van der Waals surface area contributed by atoms with Gasteiger partial charge in [-0.05, 0) is 38.1 Å². The summed E-state index contributed by atoms with van der Waals surface area (Å²) >= 11 is 5.81. The number of rotatable bonds is 3. The van der Waals surface area contributed by atoms with Crippen LogP contribution in [0, 0.1) is 0 Å². The van der Waals surface area contributed by atoms with Crippen molar-refractivity contribution in [2.24, 2.45) is 0 Å². The minimum absolute atomic E-state index is 0.00331. The lowest BCUT2D eigenvalue weighted by molar-refractivity contribution is -0.123. The van der Waals surface area contributed by atoms with Crippen molar-refractivity contribution in [2.45, 2.75) is 26.0 Å². The van der Waals surface area contributed by atoms with E-state index in [0.717, 1.165) is 18.8 Å². The van der Waals surface area contributed by atoms with Gasteiger partial charge in [0.1, 0.15) is 0 Å². The summed E-state index contributed by atoms with van der Waals surface area (Å²) in [5, 5.41) is 3.56. The number of hydrogen-bond acceptors (Lipinski definition) is 3. The number of anilines is 1.